The number of amides is 1. The molecule has 0 spiro atoms. The molecule has 0 bridgehead atoms. The predicted molar refractivity (Wildman–Crippen MR) is 66.2 cm³/mol. The Morgan fingerprint density at radius 2 is 2.06 bits per heavy atom. The van der Waals surface area contributed by atoms with E-state index in [0.717, 1.165) is 25.9 Å². The minimum absolute atomic E-state index is 0.243. The molecule has 94 valence electrons. The lowest BCUT2D eigenvalue weighted by Gasteiger charge is -2.24. The molecule has 1 rings (SSSR count). The van der Waals surface area contributed by atoms with E-state index in [1.165, 1.54) is 12.8 Å². The van der Waals surface area contributed by atoms with E-state index in [1.54, 1.807) is 0 Å². The number of rotatable bonds is 8. The van der Waals surface area contributed by atoms with Gasteiger partial charge in [-0.15, -0.1) is 0 Å². The van der Waals surface area contributed by atoms with Gasteiger partial charge in [0.25, 0.3) is 0 Å². The molecule has 0 aliphatic heterocycles. The van der Waals surface area contributed by atoms with Crippen LogP contribution in [0.1, 0.15) is 32.6 Å². The first-order valence-corrected chi connectivity index (χ1v) is 6.37. The smallest absolute Gasteiger partial charge is 0.236 e. The van der Waals surface area contributed by atoms with Gasteiger partial charge >= 0.3 is 0 Å². The van der Waals surface area contributed by atoms with Crippen molar-refractivity contribution >= 4 is 5.91 Å². The van der Waals surface area contributed by atoms with E-state index >= 15 is 0 Å². The van der Waals surface area contributed by atoms with Gasteiger partial charge in [-0.3, -0.25) is 9.69 Å². The number of carbonyl (C=O) groups excluding carboxylic acids is 1. The zero-order valence-corrected chi connectivity index (χ0v) is 10.6. The van der Waals surface area contributed by atoms with Gasteiger partial charge in [-0.25, -0.2) is 0 Å². The van der Waals surface area contributed by atoms with Crippen molar-refractivity contribution in [1.82, 2.24) is 9.80 Å². The number of unbranched alkanes of at least 4 members (excludes halogenated alkanes) is 1. The topological polar surface area (TPSA) is 49.6 Å². The van der Waals surface area contributed by atoms with Gasteiger partial charge in [0.05, 0.1) is 6.54 Å². The van der Waals surface area contributed by atoms with Crippen LogP contribution in [0.2, 0.25) is 0 Å². The molecule has 2 N–H and O–H groups in total. The molecular weight excluding hydrogens is 202 g/mol. The van der Waals surface area contributed by atoms with Crippen molar-refractivity contribution < 1.29 is 4.79 Å². The van der Waals surface area contributed by atoms with Crippen LogP contribution in [-0.4, -0.2) is 55.0 Å². The van der Waals surface area contributed by atoms with Crippen molar-refractivity contribution in [3.05, 3.63) is 0 Å². The fraction of sp³-hybridized carbons (Fsp3) is 0.917. The van der Waals surface area contributed by atoms with Crippen LogP contribution < -0.4 is 5.73 Å². The Morgan fingerprint density at radius 1 is 1.38 bits per heavy atom. The van der Waals surface area contributed by atoms with Crippen molar-refractivity contribution in [2.45, 2.75) is 38.6 Å². The monoisotopic (exact) mass is 227 g/mol. The lowest BCUT2D eigenvalue weighted by Crippen LogP contribution is -2.41. The average Bonchev–Trinajstić information content (AvgIpc) is 3.08. The summed E-state index contributed by atoms with van der Waals surface area (Å²) in [5.41, 5.74) is 5.56. The quantitative estimate of drug-likeness (QED) is 0.663. The average molecular weight is 227 g/mol. The summed E-state index contributed by atoms with van der Waals surface area (Å²) in [7, 11) is 1.92. The Labute approximate surface area is 98.8 Å². The number of nitrogens with zero attached hydrogens (tertiary/aromatic N) is 2. The van der Waals surface area contributed by atoms with E-state index in [1.807, 2.05) is 11.9 Å². The number of likely N-dealkylation sites (N-methyl/N-ethyl adjacent to an activating group) is 1. The van der Waals surface area contributed by atoms with E-state index in [4.69, 9.17) is 5.73 Å². The third kappa shape index (κ3) is 4.49. The van der Waals surface area contributed by atoms with Crippen LogP contribution in [0.5, 0.6) is 0 Å². The van der Waals surface area contributed by atoms with Crippen LogP contribution in [0.3, 0.4) is 0 Å². The highest BCUT2D eigenvalue weighted by Gasteiger charge is 2.29. The molecule has 4 nitrogen and oxygen atoms in total. The largest absolute Gasteiger partial charge is 0.342 e. The summed E-state index contributed by atoms with van der Waals surface area (Å²) in [5.74, 6) is 0.243. The van der Waals surface area contributed by atoms with Gasteiger partial charge in [0.1, 0.15) is 0 Å². The molecule has 16 heavy (non-hydrogen) atoms. The molecule has 0 aromatic carbocycles. The molecule has 0 unspecified atom stereocenters. The van der Waals surface area contributed by atoms with Gasteiger partial charge in [-0.1, -0.05) is 13.3 Å². The molecule has 0 atom stereocenters. The fourth-order valence-electron chi connectivity index (χ4n) is 1.80. The molecule has 1 aliphatic carbocycles. The maximum absolute atomic E-state index is 11.9. The summed E-state index contributed by atoms with van der Waals surface area (Å²) in [4.78, 5) is 16.0. The Kier molecular flexibility index (Phi) is 5.77. The maximum Gasteiger partial charge on any atom is 0.236 e. The van der Waals surface area contributed by atoms with Crippen molar-refractivity contribution in [1.29, 1.82) is 0 Å². The molecular formula is C12H25N3O. The standard InChI is InChI=1S/C12H25N3O/c1-3-4-8-15(9-7-13)10-12(16)14(2)11-5-6-11/h11H,3-10,13H2,1-2H3. The summed E-state index contributed by atoms with van der Waals surface area (Å²) in [6.45, 7) is 5.13. The Morgan fingerprint density at radius 3 is 2.56 bits per heavy atom. The summed E-state index contributed by atoms with van der Waals surface area (Å²) in [5, 5.41) is 0. The van der Waals surface area contributed by atoms with E-state index in [9.17, 15) is 4.79 Å². The second kappa shape index (κ2) is 6.86. The summed E-state index contributed by atoms with van der Waals surface area (Å²) < 4.78 is 0. The van der Waals surface area contributed by atoms with Crippen LogP contribution in [-0.2, 0) is 4.79 Å². The van der Waals surface area contributed by atoms with Crippen molar-refractivity contribution in [3.63, 3.8) is 0 Å². The number of carbonyl (C=O) groups is 1. The minimum atomic E-state index is 0.243. The predicted octanol–water partition coefficient (Wildman–Crippen LogP) is 0.668. The molecule has 1 fully saturated rings. The lowest BCUT2D eigenvalue weighted by atomic mass is 10.3. The van der Waals surface area contributed by atoms with Crippen molar-refractivity contribution in [2.24, 2.45) is 5.73 Å². The highest BCUT2D eigenvalue weighted by Crippen LogP contribution is 2.25. The molecule has 0 heterocycles. The number of hydrogen-bond donors (Lipinski definition) is 1. The summed E-state index contributed by atoms with van der Waals surface area (Å²) in [6.07, 6.45) is 4.65. The third-order valence-corrected chi connectivity index (χ3v) is 3.12. The van der Waals surface area contributed by atoms with E-state index in [-0.39, 0.29) is 5.91 Å². The number of nitrogens with two attached hydrogens (primary N) is 1. The SMILES string of the molecule is CCCCN(CCN)CC(=O)N(C)C1CC1. The van der Waals surface area contributed by atoms with Gasteiger partial charge < -0.3 is 10.6 Å². The Balaban J connectivity index is 2.30. The van der Waals surface area contributed by atoms with Gasteiger partial charge in [-0.2, -0.15) is 0 Å². The van der Waals surface area contributed by atoms with Crippen molar-refractivity contribution in [2.75, 3.05) is 33.2 Å². The van der Waals surface area contributed by atoms with Crippen molar-refractivity contribution in [3.8, 4) is 0 Å². The second-order valence-corrected chi connectivity index (χ2v) is 4.65. The molecule has 0 radical (unpaired) electrons. The third-order valence-electron chi connectivity index (χ3n) is 3.12. The zero-order chi connectivity index (χ0) is 12.0. The van der Waals surface area contributed by atoms with E-state index < -0.39 is 0 Å². The van der Waals surface area contributed by atoms with Gasteiger partial charge in [0.2, 0.25) is 5.91 Å². The highest BCUT2D eigenvalue weighted by atomic mass is 16.2. The molecule has 0 aromatic rings. The zero-order valence-electron chi connectivity index (χ0n) is 10.6. The fourth-order valence-corrected chi connectivity index (χ4v) is 1.80. The summed E-state index contributed by atoms with van der Waals surface area (Å²) >= 11 is 0. The molecule has 1 amide bonds. The molecule has 1 aliphatic rings. The summed E-state index contributed by atoms with van der Waals surface area (Å²) in [6, 6.07) is 0.512. The van der Waals surface area contributed by atoms with Crippen LogP contribution in [0, 0.1) is 0 Å². The van der Waals surface area contributed by atoms with Crippen LogP contribution in [0.4, 0.5) is 0 Å². The van der Waals surface area contributed by atoms with Gasteiger partial charge in [0, 0.05) is 26.2 Å². The van der Waals surface area contributed by atoms with Crippen LogP contribution >= 0.6 is 0 Å². The van der Waals surface area contributed by atoms with E-state index in [0.29, 0.717) is 19.1 Å². The van der Waals surface area contributed by atoms with E-state index in [2.05, 4.69) is 11.8 Å². The van der Waals surface area contributed by atoms with Crippen LogP contribution in [0.25, 0.3) is 0 Å². The minimum Gasteiger partial charge on any atom is -0.342 e. The Hall–Kier alpha value is -0.610. The highest BCUT2D eigenvalue weighted by molar-refractivity contribution is 5.78. The van der Waals surface area contributed by atoms with Crippen LogP contribution in [0.15, 0.2) is 0 Å². The lowest BCUT2D eigenvalue weighted by molar-refractivity contribution is -0.131. The molecule has 0 aromatic heterocycles. The second-order valence-electron chi connectivity index (χ2n) is 4.65. The molecule has 0 saturated heterocycles. The maximum atomic E-state index is 11.9. The molecule has 1 saturated carbocycles. The number of hydrogen-bond acceptors (Lipinski definition) is 3. The molecule has 4 heteroatoms. The first-order chi connectivity index (χ1) is 7.69. The Bertz CT molecular complexity index is 216. The van der Waals surface area contributed by atoms with Gasteiger partial charge in [0.15, 0.2) is 0 Å². The first-order valence-electron chi connectivity index (χ1n) is 6.37. The normalized spacial score (nSPS) is 15.5. The van der Waals surface area contributed by atoms with Gasteiger partial charge in [-0.05, 0) is 25.8 Å². The first kappa shape index (κ1) is 13.5.